The first kappa shape index (κ1) is 29.3. The fourth-order valence-corrected chi connectivity index (χ4v) is 2.71. The normalized spacial score (nSPS) is 16.7. The molecule has 1 aromatic rings. The first-order valence-electron chi connectivity index (χ1n) is 10.1. The lowest BCUT2D eigenvalue weighted by Crippen LogP contribution is -2.45. The van der Waals surface area contributed by atoms with Gasteiger partial charge in [0.1, 0.15) is 0 Å². The van der Waals surface area contributed by atoms with Crippen LogP contribution in [0.25, 0.3) is 0 Å². The number of rotatable bonds is 6. The van der Waals surface area contributed by atoms with Crippen LogP contribution >= 0.6 is 0 Å². The molecule has 3 N–H and O–H groups in total. The van der Waals surface area contributed by atoms with E-state index in [9.17, 15) is 31.1 Å². The van der Waals surface area contributed by atoms with E-state index >= 15 is 0 Å². The molecule has 0 spiro atoms. The van der Waals surface area contributed by atoms with Gasteiger partial charge in [0.15, 0.2) is 0 Å². The van der Waals surface area contributed by atoms with Crippen LogP contribution in [0.15, 0.2) is 34.5 Å². The minimum absolute atomic E-state index is 0.0326. The largest absolute Gasteiger partial charge is 0.490 e. The molecule has 0 saturated carbocycles. The standard InChI is InChI=1S/C19H27F3N4O.C2HF3O2/c1-12(17(2,3)4)11-26(5)16(27)15(23)10-13-6-8-14(9-7-13)18(24-25-18)19(20,21)22;3-2(4,5)1(6)7/h6-9,12,15H,10-11,23H2,1-5H3;(H,6,7). The van der Waals surface area contributed by atoms with Crippen LogP contribution in [-0.2, 0) is 21.7 Å². The van der Waals surface area contributed by atoms with E-state index < -0.39 is 30.0 Å². The van der Waals surface area contributed by atoms with E-state index in [1.54, 1.807) is 11.9 Å². The third-order valence-electron chi connectivity index (χ3n) is 5.47. The average Bonchev–Trinajstić information content (AvgIpc) is 3.48. The van der Waals surface area contributed by atoms with Crippen LogP contribution in [0.5, 0.6) is 0 Å². The second kappa shape index (κ2) is 10.3. The van der Waals surface area contributed by atoms with Gasteiger partial charge in [0.05, 0.1) is 6.04 Å². The van der Waals surface area contributed by atoms with E-state index in [4.69, 9.17) is 15.6 Å². The lowest BCUT2D eigenvalue weighted by atomic mass is 9.82. The number of hydrogen-bond donors (Lipinski definition) is 2. The van der Waals surface area contributed by atoms with Crippen molar-refractivity contribution in [2.24, 2.45) is 27.3 Å². The van der Waals surface area contributed by atoms with E-state index in [2.05, 4.69) is 37.9 Å². The van der Waals surface area contributed by atoms with Gasteiger partial charge in [-0.25, -0.2) is 4.79 Å². The molecule has 0 bridgehead atoms. The predicted octanol–water partition coefficient (Wildman–Crippen LogP) is 4.51. The van der Waals surface area contributed by atoms with E-state index in [1.165, 1.54) is 24.3 Å². The number of hydrogen-bond acceptors (Lipinski definition) is 5. The molecule has 1 heterocycles. The molecule has 1 aliphatic rings. The van der Waals surface area contributed by atoms with Crippen molar-refractivity contribution in [3.8, 4) is 0 Å². The lowest BCUT2D eigenvalue weighted by Gasteiger charge is -2.32. The number of carboxylic acids is 1. The highest BCUT2D eigenvalue weighted by molar-refractivity contribution is 5.81. The molecule has 1 aromatic carbocycles. The molecule has 0 fully saturated rings. The number of alkyl halides is 6. The van der Waals surface area contributed by atoms with Crippen molar-refractivity contribution in [3.05, 3.63) is 35.4 Å². The molecule has 1 aliphatic heterocycles. The third-order valence-corrected chi connectivity index (χ3v) is 5.47. The first-order chi connectivity index (χ1) is 15.2. The van der Waals surface area contributed by atoms with Gasteiger partial charge < -0.3 is 15.7 Å². The van der Waals surface area contributed by atoms with E-state index in [1.807, 2.05) is 0 Å². The number of likely N-dealkylation sites (N-methyl/N-ethyl adjacent to an activating group) is 1. The molecule has 0 aliphatic carbocycles. The highest BCUT2D eigenvalue weighted by Gasteiger charge is 2.65. The Morgan fingerprint density at radius 1 is 1.06 bits per heavy atom. The molecule has 2 rings (SSSR count). The summed E-state index contributed by atoms with van der Waals surface area (Å²) in [7, 11) is 1.72. The molecule has 2 atom stereocenters. The summed E-state index contributed by atoms with van der Waals surface area (Å²) in [6.07, 6.45) is -9.38. The Balaban J connectivity index is 0.000000718. The van der Waals surface area contributed by atoms with Crippen molar-refractivity contribution in [2.75, 3.05) is 13.6 Å². The molecule has 1 amide bonds. The number of amides is 1. The zero-order valence-electron chi connectivity index (χ0n) is 19.3. The molecule has 7 nitrogen and oxygen atoms in total. The van der Waals surface area contributed by atoms with E-state index in [0.717, 1.165) is 0 Å². The fourth-order valence-electron chi connectivity index (χ4n) is 2.71. The molecular formula is C21H28F6N4O3. The third kappa shape index (κ3) is 7.67. The number of aliphatic carboxylic acids is 1. The highest BCUT2D eigenvalue weighted by atomic mass is 19.4. The molecule has 34 heavy (non-hydrogen) atoms. The summed E-state index contributed by atoms with van der Waals surface area (Å²) < 4.78 is 70.8. The summed E-state index contributed by atoms with van der Waals surface area (Å²) >= 11 is 0. The number of benzene rings is 1. The van der Waals surface area contributed by atoms with Crippen molar-refractivity contribution in [1.82, 2.24) is 4.90 Å². The Morgan fingerprint density at radius 3 is 1.82 bits per heavy atom. The van der Waals surface area contributed by atoms with Gasteiger partial charge in [-0.2, -0.15) is 26.3 Å². The van der Waals surface area contributed by atoms with Crippen molar-refractivity contribution >= 4 is 11.9 Å². The smallest absolute Gasteiger partial charge is 0.475 e. The quantitative estimate of drug-likeness (QED) is 0.563. The summed E-state index contributed by atoms with van der Waals surface area (Å²) in [6, 6.07) is 5.00. The van der Waals surface area contributed by atoms with Crippen LogP contribution in [0, 0.1) is 11.3 Å². The van der Waals surface area contributed by atoms with Gasteiger partial charge in [0.2, 0.25) is 5.91 Å². The number of halogens is 6. The average molecular weight is 498 g/mol. The van der Waals surface area contributed by atoms with Crippen molar-refractivity contribution in [2.45, 2.75) is 58.2 Å². The molecule has 0 aromatic heterocycles. The second-order valence-corrected chi connectivity index (χ2v) is 9.17. The zero-order chi connectivity index (χ0) is 26.7. The van der Waals surface area contributed by atoms with Crippen LogP contribution in [-0.4, -0.2) is 53.9 Å². The Morgan fingerprint density at radius 2 is 1.50 bits per heavy atom. The van der Waals surface area contributed by atoms with Gasteiger partial charge in [-0.3, -0.25) is 4.79 Å². The zero-order valence-corrected chi connectivity index (χ0v) is 19.3. The summed E-state index contributed by atoms with van der Waals surface area (Å²) in [5.74, 6) is -2.65. The summed E-state index contributed by atoms with van der Waals surface area (Å²) in [4.78, 5) is 23.0. The van der Waals surface area contributed by atoms with E-state index in [0.29, 0.717) is 18.0 Å². The monoisotopic (exact) mass is 498 g/mol. The van der Waals surface area contributed by atoms with Crippen LogP contribution in [0.4, 0.5) is 26.3 Å². The Bertz CT molecular complexity index is 886. The predicted molar refractivity (Wildman–Crippen MR) is 111 cm³/mol. The van der Waals surface area contributed by atoms with Crippen molar-refractivity contribution in [3.63, 3.8) is 0 Å². The number of nitrogens with zero attached hydrogens (tertiary/aromatic N) is 3. The second-order valence-electron chi connectivity index (χ2n) is 9.17. The van der Waals surface area contributed by atoms with Crippen LogP contribution in [0.3, 0.4) is 0 Å². The Labute approximate surface area is 193 Å². The minimum Gasteiger partial charge on any atom is -0.475 e. The first-order valence-corrected chi connectivity index (χ1v) is 10.1. The summed E-state index contributed by atoms with van der Waals surface area (Å²) in [5, 5.41) is 13.5. The van der Waals surface area contributed by atoms with Crippen molar-refractivity contribution < 1.29 is 41.0 Å². The number of carbonyl (C=O) groups is 2. The molecule has 192 valence electrons. The molecule has 0 radical (unpaired) electrons. The summed E-state index contributed by atoms with van der Waals surface area (Å²) in [5.41, 5.74) is 4.34. The van der Waals surface area contributed by atoms with Gasteiger partial charge in [-0.15, -0.1) is 10.2 Å². The lowest BCUT2D eigenvalue weighted by molar-refractivity contribution is -0.192. The Kier molecular flexibility index (Phi) is 8.87. The van der Waals surface area contributed by atoms with E-state index in [-0.39, 0.29) is 23.3 Å². The molecule has 13 heteroatoms. The molecule has 0 saturated heterocycles. The highest BCUT2D eigenvalue weighted by Crippen LogP contribution is 2.52. The Hall–Kier alpha value is -2.70. The number of carbonyl (C=O) groups excluding carboxylic acids is 1. The van der Waals surface area contributed by atoms with Gasteiger partial charge in [0.25, 0.3) is 0 Å². The van der Waals surface area contributed by atoms with Crippen LogP contribution in [0.1, 0.15) is 38.8 Å². The number of nitrogens with two attached hydrogens (primary N) is 1. The van der Waals surface area contributed by atoms with Crippen LogP contribution < -0.4 is 5.73 Å². The van der Waals surface area contributed by atoms with Gasteiger partial charge in [0, 0.05) is 19.2 Å². The minimum atomic E-state index is -5.08. The molecule has 2 unspecified atom stereocenters. The SMILES string of the molecule is CC(CN(C)C(=O)C(N)Cc1ccc(C2(C(F)(F)F)N=N2)cc1)C(C)(C)C.O=C(O)C(F)(F)F. The maximum atomic E-state index is 13.0. The fraction of sp³-hybridized carbons (Fsp3) is 0.619. The maximum absolute atomic E-state index is 13.0. The maximum Gasteiger partial charge on any atom is 0.490 e. The molecular weight excluding hydrogens is 470 g/mol. The number of carboxylic acid groups (broad SMARTS) is 1. The summed E-state index contributed by atoms with van der Waals surface area (Å²) in [6.45, 7) is 9.02. The van der Waals surface area contributed by atoms with Gasteiger partial charge >= 0.3 is 24.0 Å². The van der Waals surface area contributed by atoms with Gasteiger partial charge in [-0.05, 0) is 23.3 Å². The topological polar surface area (TPSA) is 108 Å². The van der Waals surface area contributed by atoms with Crippen LogP contribution in [0.2, 0.25) is 0 Å². The van der Waals surface area contributed by atoms with Gasteiger partial charge in [-0.1, -0.05) is 52.0 Å². The van der Waals surface area contributed by atoms with Crippen molar-refractivity contribution in [1.29, 1.82) is 0 Å².